The first kappa shape index (κ1) is 29.5. The van der Waals surface area contributed by atoms with E-state index in [1.807, 2.05) is 19.1 Å². The zero-order valence-electron chi connectivity index (χ0n) is 21.8. The van der Waals surface area contributed by atoms with E-state index >= 15 is 0 Å². The number of nitrogens with one attached hydrogen (secondary N) is 3. The molecule has 1 heterocycles. The number of rotatable bonds is 13. The molecule has 0 fully saturated rings. The van der Waals surface area contributed by atoms with Crippen molar-refractivity contribution in [2.24, 2.45) is 5.10 Å². The van der Waals surface area contributed by atoms with E-state index in [0.717, 1.165) is 10.0 Å². The van der Waals surface area contributed by atoms with Crippen LogP contribution in [0.1, 0.15) is 31.0 Å². The van der Waals surface area contributed by atoms with Crippen LogP contribution in [-0.2, 0) is 9.53 Å². The van der Waals surface area contributed by atoms with Gasteiger partial charge in [-0.2, -0.15) is 5.10 Å². The van der Waals surface area contributed by atoms with Crippen LogP contribution in [0.15, 0.2) is 69.9 Å². The highest BCUT2D eigenvalue weighted by Crippen LogP contribution is 2.35. The number of esters is 1. The van der Waals surface area contributed by atoms with E-state index in [2.05, 4.69) is 43.7 Å². The van der Waals surface area contributed by atoms with Gasteiger partial charge in [-0.1, -0.05) is 18.7 Å². The minimum absolute atomic E-state index is 0.134. The maximum atomic E-state index is 12.4. The van der Waals surface area contributed by atoms with E-state index < -0.39 is 24.3 Å². The molecule has 12 heteroatoms. The van der Waals surface area contributed by atoms with Gasteiger partial charge in [-0.15, -0.1) is 0 Å². The summed E-state index contributed by atoms with van der Waals surface area (Å²) in [6, 6.07) is 9.27. The standard InChI is InChI=1S/C27H31BrN4O7/c1-5-11-38-20-9-7-17(12-19(20)28)14-29-32-23(33)15-39-21-10-8-18(13-22(21)37-6-2)25-24(26(34)36-4)16(3)30-27(35)31-25/h5,7-10,12-14,23,25,32-33H,1,6,11,15H2,2-4H3,(H2,30,31,35)/b29-14-/t23-,25-/m1/s1. The molecule has 4 N–H and O–H groups in total. The molecule has 0 radical (unpaired) electrons. The van der Waals surface area contributed by atoms with E-state index in [9.17, 15) is 14.7 Å². The number of carbonyl (C=O) groups is 2. The van der Waals surface area contributed by atoms with Crippen molar-refractivity contribution >= 4 is 34.1 Å². The number of halogens is 1. The van der Waals surface area contributed by atoms with Crippen molar-refractivity contribution in [2.45, 2.75) is 26.1 Å². The van der Waals surface area contributed by atoms with Gasteiger partial charge in [0.25, 0.3) is 0 Å². The van der Waals surface area contributed by atoms with Crippen molar-refractivity contribution in [3.8, 4) is 17.2 Å². The summed E-state index contributed by atoms with van der Waals surface area (Å²) in [7, 11) is 1.28. The number of hydrogen-bond acceptors (Lipinski definition) is 9. The van der Waals surface area contributed by atoms with Gasteiger partial charge in [0.2, 0.25) is 0 Å². The lowest BCUT2D eigenvalue weighted by Gasteiger charge is -2.28. The van der Waals surface area contributed by atoms with Crippen molar-refractivity contribution < 1.29 is 33.6 Å². The first-order valence-electron chi connectivity index (χ1n) is 12.0. The molecule has 2 amide bonds. The average Bonchev–Trinajstić information content (AvgIpc) is 2.91. The minimum atomic E-state index is -1.12. The third kappa shape index (κ3) is 7.98. The van der Waals surface area contributed by atoms with Crippen molar-refractivity contribution in [1.82, 2.24) is 16.1 Å². The largest absolute Gasteiger partial charge is 0.490 e. The van der Waals surface area contributed by atoms with Crippen LogP contribution in [0.5, 0.6) is 17.2 Å². The molecule has 0 bridgehead atoms. The van der Waals surface area contributed by atoms with E-state index in [0.29, 0.717) is 41.7 Å². The molecule has 0 aromatic heterocycles. The van der Waals surface area contributed by atoms with Gasteiger partial charge in [0.05, 0.1) is 36.0 Å². The highest BCUT2D eigenvalue weighted by Gasteiger charge is 2.32. The summed E-state index contributed by atoms with van der Waals surface area (Å²) >= 11 is 3.45. The van der Waals surface area contributed by atoms with E-state index in [1.54, 1.807) is 43.5 Å². The smallest absolute Gasteiger partial charge is 0.337 e. The predicted molar refractivity (Wildman–Crippen MR) is 149 cm³/mol. The first-order valence-corrected chi connectivity index (χ1v) is 12.8. The Balaban J connectivity index is 1.66. The number of hydrazone groups is 1. The molecule has 0 unspecified atom stereocenters. The molecule has 0 aliphatic carbocycles. The molecule has 1 aliphatic rings. The Morgan fingerprint density at radius 2 is 1.97 bits per heavy atom. The highest BCUT2D eigenvalue weighted by atomic mass is 79.9. The normalized spacial score (nSPS) is 15.7. The third-order valence-electron chi connectivity index (χ3n) is 5.42. The quantitative estimate of drug-likeness (QED) is 0.0897. The summed E-state index contributed by atoms with van der Waals surface area (Å²) in [5.41, 5.74) is 4.65. The van der Waals surface area contributed by atoms with Gasteiger partial charge >= 0.3 is 12.0 Å². The fourth-order valence-corrected chi connectivity index (χ4v) is 4.19. The highest BCUT2D eigenvalue weighted by molar-refractivity contribution is 9.10. The van der Waals surface area contributed by atoms with Crippen molar-refractivity contribution in [3.63, 3.8) is 0 Å². The Labute approximate surface area is 235 Å². The lowest BCUT2D eigenvalue weighted by Crippen LogP contribution is -2.45. The van der Waals surface area contributed by atoms with Crippen molar-refractivity contribution in [1.29, 1.82) is 0 Å². The molecular weight excluding hydrogens is 572 g/mol. The molecule has 0 saturated heterocycles. The summed E-state index contributed by atoms with van der Waals surface area (Å²) in [4.78, 5) is 24.5. The van der Waals surface area contributed by atoms with Crippen LogP contribution >= 0.6 is 15.9 Å². The van der Waals surface area contributed by atoms with Crippen molar-refractivity contribution in [2.75, 3.05) is 26.9 Å². The number of aliphatic hydroxyl groups is 1. The van der Waals surface area contributed by atoms with Gasteiger partial charge in [-0.25, -0.2) is 9.59 Å². The van der Waals surface area contributed by atoms with Crippen LogP contribution in [0.25, 0.3) is 0 Å². The summed E-state index contributed by atoms with van der Waals surface area (Å²) in [6.45, 7) is 7.67. The number of aliphatic hydroxyl groups excluding tert-OH is 1. The second-order valence-electron chi connectivity index (χ2n) is 8.20. The summed E-state index contributed by atoms with van der Waals surface area (Å²) in [5, 5.41) is 19.7. The van der Waals surface area contributed by atoms with Gasteiger partial charge in [0.15, 0.2) is 17.7 Å². The number of methoxy groups -OCH3 is 1. The summed E-state index contributed by atoms with van der Waals surface area (Å²) in [5.74, 6) is 0.858. The van der Waals surface area contributed by atoms with Crippen LogP contribution < -0.4 is 30.3 Å². The Morgan fingerprint density at radius 3 is 2.67 bits per heavy atom. The molecule has 0 saturated carbocycles. The van der Waals surface area contributed by atoms with Gasteiger partial charge in [0.1, 0.15) is 19.0 Å². The second kappa shape index (κ2) is 14.2. The summed E-state index contributed by atoms with van der Waals surface area (Å²) in [6.07, 6.45) is 2.09. The number of urea groups is 1. The molecule has 2 atom stereocenters. The summed E-state index contributed by atoms with van der Waals surface area (Å²) < 4.78 is 22.7. The average molecular weight is 603 g/mol. The van der Waals surface area contributed by atoms with Gasteiger partial charge in [-0.05, 0) is 71.2 Å². The molecule has 1 aliphatic heterocycles. The van der Waals surface area contributed by atoms with Crippen LogP contribution in [-0.4, -0.2) is 56.5 Å². The molecule has 0 spiro atoms. The van der Waals surface area contributed by atoms with Gasteiger partial charge in [-0.3, -0.25) is 5.43 Å². The van der Waals surface area contributed by atoms with Gasteiger partial charge < -0.3 is 34.7 Å². The Hall–Kier alpha value is -4.03. The van der Waals surface area contributed by atoms with Crippen molar-refractivity contribution in [3.05, 3.63) is 75.9 Å². The fourth-order valence-electron chi connectivity index (χ4n) is 3.68. The zero-order valence-corrected chi connectivity index (χ0v) is 23.4. The lowest BCUT2D eigenvalue weighted by molar-refractivity contribution is -0.136. The molecule has 11 nitrogen and oxygen atoms in total. The maximum Gasteiger partial charge on any atom is 0.337 e. The number of carbonyl (C=O) groups excluding carboxylic acids is 2. The third-order valence-corrected chi connectivity index (χ3v) is 6.04. The number of ether oxygens (including phenoxy) is 4. The Bertz CT molecular complexity index is 1260. The van der Waals surface area contributed by atoms with Crippen LogP contribution in [0.3, 0.4) is 0 Å². The zero-order chi connectivity index (χ0) is 28.4. The molecule has 39 heavy (non-hydrogen) atoms. The molecule has 208 valence electrons. The topological polar surface area (TPSA) is 140 Å². The maximum absolute atomic E-state index is 12.4. The fraction of sp³-hybridized carbons (Fsp3) is 0.296. The first-order chi connectivity index (χ1) is 18.8. The van der Waals surface area contributed by atoms with E-state index in [-0.39, 0.29) is 12.2 Å². The second-order valence-corrected chi connectivity index (χ2v) is 9.06. The predicted octanol–water partition coefficient (Wildman–Crippen LogP) is 3.53. The van der Waals surface area contributed by atoms with Crippen LogP contribution in [0.2, 0.25) is 0 Å². The molecular formula is C27H31BrN4O7. The number of hydrogen-bond donors (Lipinski definition) is 4. The van der Waals surface area contributed by atoms with Crippen LogP contribution in [0.4, 0.5) is 4.79 Å². The van der Waals surface area contributed by atoms with Crippen LogP contribution in [0, 0.1) is 0 Å². The number of nitrogens with zero attached hydrogens (tertiary/aromatic N) is 1. The minimum Gasteiger partial charge on any atom is -0.490 e. The number of allylic oxidation sites excluding steroid dienone is 1. The number of amides is 2. The number of benzene rings is 2. The Kier molecular flexibility index (Phi) is 10.8. The molecule has 3 rings (SSSR count). The lowest BCUT2D eigenvalue weighted by atomic mass is 9.95. The SMILES string of the molecule is C=CCOc1ccc(/C=N\N[C@H](O)COc2ccc([C@H]3NC(=O)NC(C)=C3C(=O)OC)cc2OCC)cc1Br. The van der Waals surface area contributed by atoms with Gasteiger partial charge in [0, 0.05) is 5.70 Å². The van der Waals surface area contributed by atoms with E-state index in [4.69, 9.17) is 18.9 Å². The monoisotopic (exact) mass is 602 g/mol. The van der Waals surface area contributed by atoms with E-state index in [1.165, 1.54) is 7.11 Å². The Morgan fingerprint density at radius 1 is 1.21 bits per heavy atom. The molecule has 2 aromatic carbocycles. The molecule has 2 aromatic rings.